The molecule has 3 aromatic heterocycles. The summed E-state index contributed by atoms with van der Waals surface area (Å²) in [5, 5.41) is 0. The highest BCUT2D eigenvalue weighted by Gasteiger charge is 2.30. The minimum absolute atomic E-state index is 0.139. The van der Waals surface area contributed by atoms with E-state index in [1.54, 1.807) is 23.6 Å². The topological polar surface area (TPSA) is 85.8 Å². The molecule has 0 aliphatic carbocycles. The van der Waals surface area contributed by atoms with E-state index in [4.69, 9.17) is 15.5 Å². The molecule has 0 unspecified atom stereocenters. The maximum Gasteiger partial charge on any atom is 0.341 e. The van der Waals surface area contributed by atoms with E-state index in [2.05, 4.69) is 21.7 Å². The Morgan fingerprint density at radius 2 is 2.16 bits per heavy atom. The maximum absolute atomic E-state index is 14.2. The quantitative estimate of drug-likeness (QED) is 0.499. The van der Waals surface area contributed by atoms with Gasteiger partial charge in [0, 0.05) is 24.5 Å². The minimum Gasteiger partial charge on any atom is -0.462 e. The van der Waals surface area contributed by atoms with Crippen LogP contribution in [0.3, 0.4) is 0 Å². The number of hydrogen-bond donors (Lipinski definition) is 1. The van der Waals surface area contributed by atoms with E-state index >= 15 is 0 Å². The van der Waals surface area contributed by atoms with Gasteiger partial charge in [-0.25, -0.2) is 19.2 Å². The molecule has 0 aromatic carbocycles. The number of halogens is 1. The van der Waals surface area contributed by atoms with Crippen molar-refractivity contribution in [3.8, 4) is 11.8 Å². The van der Waals surface area contributed by atoms with E-state index in [0.717, 1.165) is 19.4 Å². The van der Waals surface area contributed by atoms with Crippen molar-refractivity contribution in [2.45, 2.75) is 45.2 Å². The lowest BCUT2D eigenvalue weighted by Crippen LogP contribution is -2.29. The standard InChI is InChI=1S/C24H26FN5O2/c1-4-32-23(31)17-8-12-29-13-9-21(28-22(17)29)30-11-5-6-20(30)18-14-16(25)15-27-19(18)7-10-24(2,3)26/h8-9,12-15,20H,4-6,11,26H2,1-3H3/t20-/m1/s1. The molecule has 3 aromatic rings. The molecule has 4 rings (SSSR count). The lowest BCUT2D eigenvalue weighted by atomic mass is 10.0. The molecule has 1 aliphatic rings. The molecule has 1 atom stereocenters. The number of carbonyl (C=O) groups is 1. The molecular weight excluding hydrogens is 409 g/mol. The third-order valence-electron chi connectivity index (χ3n) is 5.28. The van der Waals surface area contributed by atoms with E-state index in [9.17, 15) is 9.18 Å². The van der Waals surface area contributed by atoms with Crippen LogP contribution in [0.5, 0.6) is 0 Å². The van der Waals surface area contributed by atoms with E-state index in [0.29, 0.717) is 34.9 Å². The van der Waals surface area contributed by atoms with Gasteiger partial charge in [-0.15, -0.1) is 0 Å². The fourth-order valence-electron chi connectivity index (χ4n) is 3.90. The second-order valence-corrected chi connectivity index (χ2v) is 8.38. The molecule has 0 amide bonds. The van der Waals surface area contributed by atoms with E-state index in [1.807, 2.05) is 26.1 Å². The van der Waals surface area contributed by atoms with Crippen LogP contribution < -0.4 is 10.6 Å². The normalized spacial score (nSPS) is 16.2. The monoisotopic (exact) mass is 435 g/mol. The van der Waals surface area contributed by atoms with Crippen molar-refractivity contribution in [1.29, 1.82) is 0 Å². The lowest BCUT2D eigenvalue weighted by Gasteiger charge is -2.27. The molecule has 1 aliphatic heterocycles. The number of anilines is 1. The van der Waals surface area contributed by atoms with Crippen molar-refractivity contribution in [3.63, 3.8) is 0 Å². The largest absolute Gasteiger partial charge is 0.462 e. The predicted octanol–water partition coefficient (Wildman–Crippen LogP) is 3.48. The number of nitrogens with zero attached hydrogens (tertiary/aromatic N) is 4. The van der Waals surface area contributed by atoms with Crippen molar-refractivity contribution < 1.29 is 13.9 Å². The number of rotatable bonds is 4. The molecule has 0 radical (unpaired) electrons. The predicted molar refractivity (Wildman–Crippen MR) is 120 cm³/mol. The number of ether oxygens (including phenoxy) is 1. The van der Waals surface area contributed by atoms with Crippen molar-refractivity contribution in [2.24, 2.45) is 5.73 Å². The Morgan fingerprint density at radius 3 is 2.91 bits per heavy atom. The molecule has 0 bridgehead atoms. The summed E-state index contributed by atoms with van der Waals surface area (Å²) in [6.07, 6.45) is 6.53. The second-order valence-electron chi connectivity index (χ2n) is 8.38. The minimum atomic E-state index is -0.687. The molecule has 166 valence electrons. The fraction of sp³-hybridized carbons (Fsp3) is 0.375. The summed E-state index contributed by atoms with van der Waals surface area (Å²) in [5.74, 6) is 5.89. The van der Waals surface area contributed by atoms with Crippen LogP contribution in [-0.4, -0.2) is 39.0 Å². The van der Waals surface area contributed by atoms with Crippen LogP contribution in [0.15, 0.2) is 36.8 Å². The van der Waals surface area contributed by atoms with E-state index in [-0.39, 0.29) is 6.04 Å². The molecule has 1 saturated heterocycles. The summed E-state index contributed by atoms with van der Waals surface area (Å²) in [7, 11) is 0. The van der Waals surface area contributed by atoms with Crippen LogP contribution in [0.4, 0.5) is 10.2 Å². The van der Waals surface area contributed by atoms with E-state index in [1.165, 1.54) is 12.3 Å². The molecule has 4 heterocycles. The highest BCUT2D eigenvalue weighted by molar-refractivity contribution is 5.96. The third kappa shape index (κ3) is 4.43. The average molecular weight is 436 g/mol. The second kappa shape index (κ2) is 8.60. The Hall–Kier alpha value is -3.44. The van der Waals surface area contributed by atoms with Gasteiger partial charge in [-0.2, -0.15) is 0 Å². The maximum atomic E-state index is 14.2. The van der Waals surface area contributed by atoms with E-state index < -0.39 is 17.3 Å². The number of esters is 1. The SMILES string of the molecule is CCOC(=O)c1ccn2ccc(N3CCC[C@@H]3c3cc(F)cnc3C#CC(C)(C)N)nc12. The van der Waals surface area contributed by atoms with Gasteiger partial charge in [0.05, 0.1) is 24.4 Å². The Kier molecular flexibility index (Phi) is 5.85. The third-order valence-corrected chi connectivity index (χ3v) is 5.28. The van der Waals surface area contributed by atoms with Crippen LogP contribution >= 0.6 is 0 Å². The van der Waals surface area contributed by atoms with Gasteiger partial charge in [0.1, 0.15) is 22.9 Å². The van der Waals surface area contributed by atoms with Gasteiger partial charge >= 0.3 is 5.97 Å². The first kappa shape index (κ1) is 21.8. The number of fused-ring (bicyclic) bond motifs is 1. The van der Waals surface area contributed by atoms with Crippen LogP contribution in [0.25, 0.3) is 5.65 Å². The molecule has 0 saturated carbocycles. The molecule has 1 fully saturated rings. The zero-order chi connectivity index (χ0) is 22.9. The van der Waals surface area contributed by atoms with Gasteiger partial charge in [-0.05, 0) is 57.7 Å². The summed E-state index contributed by atoms with van der Waals surface area (Å²) >= 11 is 0. The number of nitrogens with two attached hydrogens (primary N) is 1. The van der Waals surface area contributed by atoms with Crippen LogP contribution in [0, 0.1) is 17.7 Å². The van der Waals surface area contributed by atoms with Gasteiger partial charge in [0.2, 0.25) is 0 Å². The lowest BCUT2D eigenvalue weighted by molar-refractivity contribution is 0.0528. The Labute approximate surface area is 186 Å². The Balaban J connectivity index is 1.74. The van der Waals surface area contributed by atoms with Gasteiger partial charge in [0.15, 0.2) is 5.65 Å². The van der Waals surface area contributed by atoms with Crippen molar-refractivity contribution in [3.05, 3.63) is 59.4 Å². The average Bonchev–Trinajstić information content (AvgIpc) is 3.39. The first-order valence-corrected chi connectivity index (χ1v) is 10.7. The number of pyridine rings is 1. The van der Waals surface area contributed by atoms with Crippen LogP contribution in [0.2, 0.25) is 0 Å². The highest BCUT2D eigenvalue weighted by atomic mass is 19.1. The summed E-state index contributed by atoms with van der Waals surface area (Å²) in [4.78, 5) is 23.4. The summed E-state index contributed by atoms with van der Waals surface area (Å²) in [6.45, 7) is 6.42. The van der Waals surface area contributed by atoms with Crippen molar-refractivity contribution >= 4 is 17.4 Å². The van der Waals surface area contributed by atoms with Crippen molar-refractivity contribution in [1.82, 2.24) is 14.4 Å². The summed E-state index contributed by atoms with van der Waals surface area (Å²) in [5.41, 5.74) is 7.47. The summed E-state index contributed by atoms with van der Waals surface area (Å²) < 4.78 is 21.1. The molecule has 0 spiro atoms. The molecule has 8 heteroatoms. The van der Waals surface area contributed by atoms with Gasteiger partial charge in [-0.3, -0.25) is 0 Å². The molecule has 32 heavy (non-hydrogen) atoms. The first-order chi connectivity index (χ1) is 15.3. The Morgan fingerprint density at radius 1 is 1.38 bits per heavy atom. The number of carbonyl (C=O) groups excluding carboxylic acids is 1. The Bertz CT molecular complexity index is 1220. The van der Waals surface area contributed by atoms with Crippen LogP contribution in [0.1, 0.15) is 61.3 Å². The van der Waals surface area contributed by atoms with Crippen molar-refractivity contribution in [2.75, 3.05) is 18.1 Å². The van der Waals surface area contributed by atoms with Crippen LogP contribution in [-0.2, 0) is 4.74 Å². The fourth-order valence-corrected chi connectivity index (χ4v) is 3.90. The molecule has 7 nitrogen and oxygen atoms in total. The number of aromatic nitrogens is 3. The summed E-state index contributed by atoms with van der Waals surface area (Å²) in [6, 6.07) is 4.94. The number of hydrogen-bond acceptors (Lipinski definition) is 6. The molecular formula is C24H26FN5O2. The van der Waals surface area contributed by atoms with Gasteiger partial charge < -0.3 is 19.8 Å². The highest BCUT2D eigenvalue weighted by Crippen LogP contribution is 2.36. The molecule has 2 N–H and O–H groups in total. The first-order valence-electron chi connectivity index (χ1n) is 10.7. The zero-order valence-electron chi connectivity index (χ0n) is 18.4. The smallest absolute Gasteiger partial charge is 0.341 e. The van der Waals surface area contributed by atoms with Gasteiger partial charge in [-0.1, -0.05) is 5.92 Å². The van der Waals surface area contributed by atoms with Gasteiger partial charge in [0.25, 0.3) is 0 Å². The zero-order valence-corrected chi connectivity index (χ0v) is 18.4.